The molecule has 0 atom stereocenters. The van der Waals surface area contributed by atoms with Crippen LogP contribution in [0, 0.1) is 0 Å². The van der Waals surface area contributed by atoms with Gasteiger partial charge >= 0.3 is 0 Å². The van der Waals surface area contributed by atoms with Gasteiger partial charge in [-0.05, 0) is 24.7 Å². The summed E-state index contributed by atoms with van der Waals surface area (Å²) in [6.45, 7) is 8.15. The van der Waals surface area contributed by atoms with Crippen molar-refractivity contribution >= 4 is 29.0 Å². The highest BCUT2D eigenvalue weighted by Crippen LogP contribution is 2.13. The maximum Gasteiger partial charge on any atom is 0.225 e. The summed E-state index contributed by atoms with van der Waals surface area (Å²) in [4.78, 5) is 10.1. The van der Waals surface area contributed by atoms with Crippen LogP contribution in [-0.2, 0) is 0 Å². The first-order chi connectivity index (χ1) is 7.65. The van der Waals surface area contributed by atoms with Gasteiger partial charge in [-0.1, -0.05) is 25.4 Å². The van der Waals surface area contributed by atoms with Crippen LogP contribution in [0.15, 0.2) is 6.07 Å². The molecule has 0 amide bonds. The van der Waals surface area contributed by atoms with Gasteiger partial charge in [0.05, 0.1) is 0 Å². The van der Waals surface area contributed by atoms with Crippen molar-refractivity contribution in [3.8, 4) is 0 Å². The first-order valence-corrected chi connectivity index (χ1v) is 6.07. The average molecular weight is 263 g/mol. The van der Waals surface area contributed by atoms with Crippen LogP contribution in [0.25, 0.3) is 0 Å². The minimum absolute atomic E-state index is 0.165. The topological polar surface area (TPSA) is 41.0 Å². The minimum atomic E-state index is 0.165. The lowest BCUT2D eigenvalue weighted by molar-refractivity contribution is 0.316. The van der Waals surface area contributed by atoms with Crippen molar-refractivity contribution in [2.45, 2.75) is 13.8 Å². The molecule has 1 rings (SSSR count). The van der Waals surface area contributed by atoms with Crippen molar-refractivity contribution in [2.24, 2.45) is 0 Å². The Hall–Kier alpha value is -0.580. The Labute approximate surface area is 106 Å². The monoisotopic (exact) mass is 262 g/mol. The summed E-state index contributed by atoms with van der Waals surface area (Å²) in [5, 5.41) is 3.68. The summed E-state index contributed by atoms with van der Waals surface area (Å²) < 4.78 is 0. The molecule has 1 N–H and O–H groups in total. The molecule has 90 valence electrons. The zero-order chi connectivity index (χ0) is 12.0. The minimum Gasteiger partial charge on any atom is -0.369 e. The third-order valence-electron chi connectivity index (χ3n) is 2.30. The highest BCUT2D eigenvalue weighted by Gasteiger charge is 2.02. The molecule has 0 aromatic carbocycles. The molecule has 0 fully saturated rings. The first-order valence-electron chi connectivity index (χ1n) is 5.32. The zero-order valence-electron chi connectivity index (χ0n) is 9.50. The molecule has 0 aliphatic rings. The quantitative estimate of drug-likeness (QED) is 0.632. The van der Waals surface area contributed by atoms with E-state index >= 15 is 0 Å². The molecule has 0 saturated carbocycles. The predicted molar refractivity (Wildman–Crippen MR) is 68.3 cm³/mol. The Morgan fingerprint density at radius 3 is 2.50 bits per heavy atom. The smallest absolute Gasteiger partial charge is 0.225 e. The fourth-order valence-electron chi connectivity index (χ4n) is 1.36. The molecule has 1 heterocycles. The van der Waals surface area contributed by atoms with Gasteiger partial charge in [0.25, 0.3) is 0 Å². The van der Waals surface area contributed by atoms with Crippen LogP contribution in [0.2, 0.25) is 10.4 Å². The van der Waals surface area contributed by atoms with E-state index in [0.717, 1.165) is 26.2 Å². The second kappa shape index (κ2) is 6.89. The predicted octanol–water partition coefficient (Wildman–Crippen LogP) is 2.54. The number of likely N-dealkylation sites (N-methyl/N-ethyl adjacent to an activating group) is 1. The van der Waals surface area contributed by atoms with Crippen LogP contribution in [0.1, 0.15) is 13.8 Å². The molecule has 0 saturated heterocycles. The van der Waals surface area contributed by atoms with E-state index in [1.54, 1.807) is 6.07 Å². The van der Waals surface area contributed by atoms with Gasteiger partial charge in [0.2, 0.25) is 5.28 Å². The number of anilines is 1. The summed E-state index contributed by atoms with van der Waals surface area (Å²) >= 11 is 11.4. The SMILES string of the molecule is CCN(CC)CCNc1cc(Cl)nc(Cl)n1. The van der Waals surface area contributed by atoms with E-state index in [2.05, 4.69) is 34.0 Å². The van der Waals surface area contributed by atoms with E-state index in [0.29, 0.717) is 11.0 Å². The number of nitrogens with zero attached hydrogens (tertiary/aromatic N) is 3. The second-order valence-corrected chi connectivity index (χ2v) is 4.02. The largest absolute Gasteiger partial charge is 0.369 e. The number of rotatable bonds is 6. The van der Waals surface area contributed by atoms with Gasteiger partial charge in [-0.2, -0.15) is 0 Å². The maximum absolute atomic E-state index is 5.76. The third-order valence-corrected chi connectivity index (χ3v) is 2.66. The molecule has 0 aliphatic heterocycles. The molecular formula is C10H16Cl2N4. The van der Waals surface area contributed by atoms with Crippen molar-refractivity contribution < 1.29 is 0 Å². The lowest BCUT2D eigenvalue weighted by Crippen LogP contribution is -2.28. The van der Waals surface area contributed by atoms with Crippen LogP contribution in [0.4, 0.5) is 5.82 Å². The van der Waals surface area contributed by atoms with E-state index in [-0.39, 0.29) is 5.28 Å². The van der Waals surface area contributed by atoms with Crippen LogP contribution in [0.5, 0.6) is 0 Å². The second-order valence-electron chi connectivity index (χ2n) is 3.30. The Bertz CT molecular complexity index is 308. The van der Waals surface area contributed by atoms with Crippen LogP contribution >= 0.6 is 23.2 Å². The Balaban J connectivity index is 2.42. The van der Waals surface area contributed by atoms with Gasteiger partial charge in [-0.25, -0.2) is 9.97 Å². The molecule has 0 bridgehead atoms. The van der Waals surface area contributed by atoms with Gasteiger partial charge in [-0.3, -0.25) is 0 Å². The third kappa shape index (κ3) is 4.51. The Kier molecular flexibility index (Phi) is 5.80. The molecule has 0 spiro atoms. The lowest BCUT2D eigenvalue weighted by atomic mass is 10.4. The number of nitrogens with one attached hydrogen (secondary N) is 1. The Morgan fingerprint density at radius 1 is 1.25 bits per heavy atom. The van der Waals surface area contributed by atoms with E-state index in [4.69, 9.17) is 23.2 Å². The van der Waals surface area contributed by atoms with Gasteiger partial charge in [-0.15, -0.1) is 0 Å². The summed E-state index contributed by atoms with van der Waals surface area (Å²) in [6, 6.07) is 1.66. The summed E-state index contributed by atoms with van der Waals surface area (Å²) in [5.41, 5.74) is 0. The van der Waals surface area contributed by atoms with Gasteiger partial charge < -0.3 is 10.2 Å². The molecule has 16 heavy (non-hydrogen) atoms. The molecule has 4 nitrogen and oxygen atoms in total. The molecule has 1 aromatic rings. The van der Waals surface area contributed by atoms with Crippen molar-refractivity contribution in [1.29, 1.82) is 0 Å². The molecule has 0 radical (unpaired) electrons. The fraction of sp³-hybridized carbons (Fsp3) is 0.600. The van der Waals surface area contributed by atoms with E-state index in [1.165, 1.54) is 0 Å². The summed E-state index contributed by atoms with van der Waals surface area (Å²) in [7, 11) is 0. The molecule has 0 aliphatic carbocycles. The zero-order valence-corrected chi connectivity index (χ0v) is 11.0. The standard InChI is InChI=1S/C10H16Cl2N4/c1-3-16(4-2)6-5-13-9-7-8(11)14-10(12)15-9/h7H,3-6H2,1-2H3,(H,13,14,15). The van der Waals surface area contributed by atoms with Crippen molar-refractivity contribution in [1.82, 2.24) is 14.9 Å². The fourth-order valence-corrected chi connectivity index (χ4v) is 1.77. The van der Waals surface area contributed by atoms with Crippen LogP contribution in [0.3, 0.4) is 0 Å². The van der Waals surface area contributed by atoms with Gasteiger partial charge in [0.15, 0.2) is 0 Å². The number of aromatic nitrogens is 2. The van der Waals surface area contributed by atoms with E-state index in [9.17, 15) is 0 Å². The normalized spacial score (nSPS) is 10.8. The van der Waals surface area contributed by atoms with Crippen molar-refractivity contribution in [3.63, 3.8) is 0 Å². The Morgan fingerprint density at radius 2 is 1.94 bits per heavy atom. The van der Waals surface area contributed by atoms with Crippen LogP contribution < -0.4 is 5.32 Å². The molecular weight excluding hydrogens is 247 g/mol. The number of halogens is 2. The summed E-state index contributed by atoms with van der Waals surface area (Å²) in [5.74, 6) is 0.664. The highest BCUT2D eigenvalue weighted by atomic mass is 35.5. The number of hydrogen-bond acceptors (Lipinski definition) is 4. The molecule has 1 aromatic heterocycles. The maximum atomic E-state index is 5.76. The number of hydrogen-bond donors (Lipinski definition) is 1. The first kappa shape index (κ1) is 13.5. The summed E-state index contributed by atoms with van der Waals surface area (Å²) in [6.07, 6.45) is 0. The molecule has 0 unspecified atom stereocenters. The highest BCUT2D eigenvalue weighted by molar-refractivity contribution is 6.32. The van der Waals surface area contributed by atoms with E-state index in [1.807, 2.05) is 0 Å². The average Bonchev–Trinajstić information content (AvgIpc) is 2.23. The van der Waals surface area contributed by atoms with Crippen molar-refractivity contribution in [2.75, 3.05) is 31.5 Å². The van der Waals surface area contributed by atoms with Crippen LogP contribution in [-0.4, -0.2) is 41.0 Å². The van der Waals surface area contributed by atoms with E-state index < -0.39 is 0 Å². The van der Waals surface area contributed by atoms with Crippen molar-refractivity contribution in [3.05, 3.63) is 16.5 Å². The van der Waals surface area contributed by atoms with Gasteiger partial charge in [0.1, 0.15) is 11.0 Å². The lowest BCUT2D eigenvalue weighted by Gasteiger charge is -2.18. The molecule has 6 heteroatoms. The van der Waals surface area contributed by atoms with Gasteiger partial charge in [0, 0.05) is 19.2 Å².